The van der Waals surface area contributed by atoms with Crippen molar-refractivity contribution in [2.45, 2.75) is 32.6 Å². The monoisotopic (exact) mass is 272 g/mol. The van der Waals surface area contributed by atoms with Crippen LogP contribution in [0.4, 0.5) is 0 Å². The van der Waals surface area contributed by atoms with Crippen molar-refractivity contribution in [1.29, 1.82) is 0 Å². The SMILES string of the molecule is CCCCCC#Cc1cccc2cc3ccccc3cc12. The highest BCUT2D eigenvalue weighted by molar-refractivity contribution is 6.00. The molecule has 0 fully saturated rings. The van der Waals surface area contributed by atoms with Crippen LogP contribution in [0.3, 0.4) is 0 Å². The van der Waals surface area contributed by atoms with Gasteiger partial charge in [-0.05, 0) is 46.2 Å². The highest BCUT2D eigenvalue weighted by Gasteiger charge is 2.01. The summed E-state index contributed by atoms with van der Waals surface area (Å²) in [5.74, 6) is 6.69. The lowest BCUT2D eigenvalue weighted by atomic mass is 10.00. The van der Waals surface area contributed by atoms with Crippen LogP contribution in [0.2, 0.25) is 0 Å². The van der Waals surface area contributed by atoms with Gasteiger partial charge in [-0.1, -0.05) is 68.0 Å². The molecule has 0 radical (unpaired) electrons. The van der Waals surface area contributed by atoms with Crippen LogP contribution in [-0.4, -0.2) is 0 Å². The molecule has 21 heavy (non-hydrogen) atoms. The van der Waals surface area contributed by atoms with Crippen molar-refractivity contribution in [2.75, 3.05) is 0 Å². The first-order chi connectivity index (χ1) is 10.4. The van der Waals surface area contributed by atoms with Crippen LogP contribution in [0.15, 0.2) is 54.6 Å². The van der Waals surface area contributed by atoms with Gasteiger partial charge in [0.25, 0.3) is 0 Å². The fourth-order valence-electron chi connectivity index (χ4n) is 2.70. The molecule has 3 aromatic carbocycles. The maximum atomic E-state index is 3.36. The highest BCUT2D eigenvalue weighted by Crippen LogP contribution is 2.25. The second-order valence-corrected chi connectivity index (χ2v) is 5.48. The lowest BCUT2D eigenvalue weighted by Gasteiger charge is -2.04. The number of hydrogen-bond donors (Lipinski definition) is 0. The van der Waals surface area contributed by atoms with E-state index in [-0.39, 0.29) is 0 Å². The summed E-state index contributed by atoms with van der Waals surface area (Å²) in [5.41, 5.74) is 1.15. The molecule has 3 aromatic rings. The molecule has 0 unspecified atom stereocenters. The minimum atomic E-state index is 0.998. The van der Waals surface area contributed by atoms with E-state index in [4.69, 9.17) is 0 Å². The van der Waals surface area contributed by atoms with Crippen LogP contribution >= 0.6 is 0 Å². The van der Waals surface area contributed by atoms with Gasteiger partial charge < -0.3 is 0 Å². The third kappa shape index (κ3) is 3.09. The summed E-state index contributed by atoms with van der Waals surface area (Å²) in [5, 5.41) is 5.11. The zero-order valence-electron chi connectivity index (χ0n) is 12.5. The molecule has 0 heteroatoms. The first-order valence-electron chi connectivity index (χ1n) is 7.79. The lowest BCUT2D eigenvalue weighted by molar-refractivity contribution is 0.737. The Hall–Kier alpha value is -2.26. The summed E-state index contributed by atoms with van der Waals surface area (Å²) in [6, 6.07) is 19.4. The molecule has 3 rings (SSSR count). The average molecular weight is 272 g/mol. The van der Waals surface area contributed by atoms with Gasteiger partial charge in [-0.25, -0.2) is 0 Å². The Morgan fingerprint density at radius 1 is 0.810 bits per heavy atom. The minimum absolute atomic E-state index is 0.998. The largest absolute Gasteiger partial charge is 0.0979 e. The number of rotatable bonds is 3. The van der Waals surface area contributed by atoms with Crippen LogP contribution in [-0.2, 0) is 0 Å². The summed E-state index contributed by atoms with van der Waals surface area (Å²) < 4.78 is 0. The molecule has 0 atom stereocenters. The Kier molecular flexibility index (Phi) is 4.22. The number of benzene rings is 3. The van der Waals surface area contributed by atoms with Crippen molar-refractivity contribution >= 4 is 21.5 Å². The zero-order chi connectivity index (χ0) is 14.5. The van der Waals surface area contributed by atoms with Crippen LogP contribution in [0.25, 0.3) is 21.5 Å². The highest BCUT2D eigenvalue weighted by atomic mass is 14.0. The third-order valence-electron chi connectivity index (χ3n) is 3.88. The van der Waals surface area contributed by atoms with Crippen molar-refractivity contribution in [3.05, 3.63) is 60.2 Å². The van der Waals surface area contributed by atoms with Crippen LogP contribution < -0.4 is 0 Å². The predicted octanol–water partition coefficient (Wildman–Crippen LogP) is 5.92. The standard InChI is InChI=1S/C21H20/c1-2-3-4-5-6-10-17-13-9-14-20-15-18-11-7-8-12-19(18)16-21(17)20/h7-9,11-16H,2-5H2,1H3. The van der Waals surface area contributed by atoms with E-state index in [2.05, 4.69) is 73.4 Å². The summed E-state index contributed by atoms with van der Waals surface area (Å²) in [6.45, 7) is 2.23. The Bertz CT molecular complexity index is 815. The van der Waals surface area contributed by atoms with Crippen molar-refractivity contribution < 1.29 is 0 Å². The van der Waals surface area contributed by atoms with E-state index in [0.717, 1.165) is 12.0 Å². The van der Waals surface area contributed by atoms with Crippen LogP contribution in [0, 0.1) is 11.8 Å². The Labute approximate surface area is 126 Å². The summed E-state index contributed by atoms with van der Waals surface area (Å²) in [4.78, 5) is 0. The van der Waals surface area contributed by atoms with Gasteiger partial charge in [0, 0.05) is 12.0 Å². The fraction of sp³-hybridized carbons (Fsp3) is 0.238. The molecule has 104 valence electrons. The first kappa shape index (κ1) is 13.7. The minimum Gasteiger partial charge on any atom is -0.0979 e. The Balaban J connectivity index is 2.00. The molecule has 0 saturated heterocycles. The van der Waals surface area contributed by atoms with Gasteiger partial charge in [0.05, 0.1) is 0 Å². The first-order valence-corrected chi connectivity index (χ1v) is 7.79. The smallest absolute Gasteiger partial charge is 0.0323 e. The van der Waals surface area contributed by atoms with Crippen LogP contribution in [0.1, 0.15) is 38.2 Å². The van der Waals surface area contributed by atoms with Gasteiger partial charge >= 0.3 is 0 Å². The molecule has 0 N–H and O–H groups in total. The maximum absolute atomic E-state index is 3.36. The van der Waals surface area contributed by atoms with Crippen molar-refractivity contribution in [3.8, 4) is 11.8 Å². The van der Waals surface area contributed by atoms with E-state index < -0.39 is 0 Å². The van der Waals surface area contributed by atoms with E-state index in [1.165, 1.54) is 40.8 Å². The van der Waals surface area contributed by atoms with Gasteiger partial charge in [0.1, 0.15) is 0 Å². The molecule has 0 amide bonds. The van der Waals surface area contributed by atoms with Gasteiger partial charge in [-0.3, -0.25) is 0 Å². The van der Waals surface area contributed by atoms with E-state index in [0.29, 0.717) is 0 Å². The normalized spacial score (nSPS) is 10.5. The predicted molar refractivity (Wildman–Crippen MR) is 92.5 cm³/mol. The number of hydrogen-bond acceptors (Lipinski definition) is 0. The van der Waals surface area contributed by atoms with E-state index in [9.17, 15) is 0 Å². The zero-order valence-corrected chi connectivity index (χ0v) is 12.5. The molecule has 0 saturated carbocycles. The molecule has 0 aliphatic heterocycles. The second kappa shape index (κ2) is 6.46. The lowest BCUT2D eigenvalue weighted by Crippen LogP contribution is -1.81. The maximum Gasteiger partial charge on any atom is 0.0323 e. The van der Waals surface area contributed by atoms with Gasteiger partial charge in [0.2, 0.25) is 0 Å². The fourth-order valence-corrected chi connectivity index (χ4v) is 2.70. The Morgan fingerprint density at radius 2 is 1.57 bits per heavy atom. The van der Waals surface area contributed by atoms with Crippen molar-refractivity contribution in [1.82, 2.24) is 0 Å². The van der Waals surface area contributed by atoms with Crippen LogP contribution in [0.5, 0.6) is 0 Å². The second-order valence-electron chi connectivity index (χ2n) is 5.48. The quantitative estimate of drug-likeness (QED) is 0.315. The number of fused-ring (bicyclic) bond motifs is 2. The van der Waals surface area contributed by atoms with Crippen molar-refractivity contribution in [3.63, 3.8) is 0 Å². The molecule has 0 spiro atoms. The van der Waals surface area contributed by atoms with E-state index in [1.54, 1.807) is 0 Å². The van der Waals surface area contributed by atoms with E-state index >= 15 is 0 Å². The topological polar surface area (TPSA) is 0 Å². The van der Waals surface area contributed by atoms with Gasteiger partial charge in [-0.2, -0.15) is 0 Å². The number of unbranched alkanes of at least 4 members (excludes halogenated alkanes) is 3. The van der Waals surface area contributed by atoms with Gasteiger partial charge in [0.15, 0.2) is 0 Å². The third-order valence-corrected chi connectivity index (χ3v) is 3.88. The Morgan fingerprint density at radius 3 is 2.38 bits per heavy atom. The molecule has 0 aromatic heterocycles. The molecule has 0 aliphatic rings. The summed E-state index contributed by atoms with van der Waals surface area (Å²) in [6.07, 6.45) is 4.73. The molecule has 0 nitrogen and oxygen atoms in total. The average Bonchev–Trinajstić information content (AvgIpc) is 2.53. The molecule has 0 heterocycles. The van der Waals surface area contributed by atoms with Gasteiger partial charge in [-0.15, -0.1) is 0 Å². The van der Waals surface area contributed by atoms with E-state index in [1.807, 2.05) is 0 Å². The molecule has 0 bridgehead atoms. The molecular formula is C21H20. The summed E-state index contributed by atoms with van der Waals surface area (Å²) >= 11 is 0. The summed E-state index contributed by atoms with van der Waals surface area (Å²) in [7, 11) is 0. The molecular weight excluding hydrogens is 252 g/mol. The molecule has 0 aliphatic carbocycles. The van der Waals surface area contributed by atoms with Crippen molar-refractivity contribution in [2.24, 2.45) is 0 Å².